The molecule has 1 aromatic rings. The van der Waals surface area contributed by atoms with Gasteiger partial charge in [-0.05, 0) is 37.8 Å². The lowest BCUT2D eigenvalue weighted by molar-refractivity contribution is -0.386. The number of benzene rings is 1. The highest BCUT2D eigenvalue weighted by Gasteiger charge is 2.35. The Morgan fingerprint density at radius 1 is 1.30 bits per heavy atom. The predicted octanol–water partition coefficient (Wildman–Crippen LogP) is 1.16. The highest BCUT2D eigenvalue weighted by Crippen LogP contribution is 2.31. The van der Waals surface area contributed by atoms with Crippen molar-refractivity contribution in [3.63, 3.8) is 0 Å². The second-order valence-corrected chi connectivity index (χ2v) is 7.73. The summed E-state index contributed by atoms with van der Waals surface area (Å²) in [7, 11) is -2.49. The first kappa shape index (κ1) is 16.2. The van der Waals surface area contributed by atoms with Crippen LogP contribution in [0.3, 0.4) is 0 Å². The van der Waals surface area contributed by atoms with Gasteiger partial charge in [-0.15, -0.1) is 0 Å². The van der Waals surface area contributed by atoms with Crippen molar-refractivity contribution in [2.24, 2.45) is 0 Å². The standard InChI is InChI=1S/C14H19N3O5S/c1-22-14-5-4-12(8-13(14)17(18)19)23(20,21)16-11-6-9-2-3-10(7-11)15-9/h4-5,8-11,15-16H,2-3,6-7H2,1H3. The summed E-state index contributed by atoms with van der Waals surface area (Å²) in [5, 5.41) is 14.5. The maximum atomic E-state index is 12.5. The monoisotopic (exact) mass is 341 g/mol. The van der Waals surface area contributed by atoms with E-state index in [1.807, 2.05) is 0 Å². The van der Waals surface area contributed by atoms with Crippen molar-refractivity contribution in [1.82, 2.24) is 10.0 Å². The molecule has 0 aromatic heterocycles. The molecular weight excluding hydrogens is 322 g/mol. The molecule has 126 valence electrons. The van der Waals surface area contributed by atoms with Gasteiger partial charge in [-0.2, -0.15) is 0 Å². The van der Waals surface area contributed by atoms with E-state index < -0.39 is 14.9 Å². The highest BCUT2D eigenvalue weighted by atomic mass is 32.2. The molecule has 0 saturated carbocycles. The van der Waals surface area contributed by atoms with Crippen LogP contribution in [-0.4, -0.2) is 38.6 Å². The molecule has 2 atom stereocenters. The number of sulfonamides is 1. The Morgan fingerprint density at radius 2 is 1.96 bits per heavy atom. The number of nitro benzene ring substituents is 1. The third-order valence-electron chi connectivity index (χ3n) is 4.45. The van der Waals surface area contributed by atoms with Crippen molar-refractivity contribution in [1.29, 1.82) is 0 Å². The van der Waals surface area contributed by atoms with Crippen LogP contribution in [0.15, 0.2) is 23.1 Å². The van der Waals surface area contributed by atoms with Crippen LogP contribution in [0.25, 0.3) is 0 Å². The molecule has 2 aliphatic heterocycles. The van der Waals surface area contributed by atoms with Crippen LogP contribution in [-0.2, 0) is 10.0 Å². The number of hydrogen-bond donors (Lipinski definition) is 2. The Morgan fingerprint density at radius 3 is 2.52 bits per heavy atom. The van der Waals surface area contributed by atoms with Crippen molar-refractivity contribution in [2.45, 2.75) is 48.7 Å². The van der Waals surface area contributed by atoms with E-state index in [1.165, 1.54) is 19.2 Å². The van der Waals surface area contributed by atoms with Crippen LogP contribution in [0.1, 0.15) is 25.7 Å². The number of piperidine rings is 1. The summed E-state index contributed by atoms with van der Waals surface area (Å²) < 4.78 is 32.6. The van der Waals surface area contributed by atoms with E-state index in [9.17, 15) is 18.5 Å². The number of nitrogens with zero attached hydrogens (tertiary/aromatic N) is 1. The Balaban J connectivity index is 1.82. The third-order valence-corrected chi connectivity index (χ3v) is 5.97. The molecule has 9 heteroatoms. The van der Waals surface area contributed by atoms with Gasteiger partial charge in [0.2, 0.25) is 10.0 Å². The summed E-state index contributed by atoms with van der Waals surface area (Å²) in [5.74, 6) is 0.0360. The minimum Gasteiger partial charge on any atom is -0.490 e. The Hall–Kier alpha value is -1.71. The van der Waals surface area contributed by atoms with Crippen molar-refractivity contribution in [3.8, 4) is 5.75 Å². The molecule has 2 N–H and O–H groups in total. The minimum absolute atomic E-state index is 0.0360. The van der Waals surface area contributed by atoms with Gasteiger partial charge in [0.25, 0.3) is 0 Å². The SMILES string of the molecule is COc1ccc(S(=O)(=O)NC2CC3CCC(C2)N3)cc1[N+](=O)[O-]. The van der Waals surface area contributed by atoms with E-state index in [0.717, 1.165) is 31.7 Å². The summed E-state index contributed by atoms with van der Waals surface area (Å²) in [6, 6.07) is 4.23. The maximum Gasteiger partial charge on any atom is 0.312 e. The van der Waals surface area contributed by atoms with Gasteiger partial charge in [0.05, 0.1) is 16.9 Å². The molecule has 8 nitrogen and oxygen atoms in total. The first-order valence-electron chi connectivity index (χ1n) is 7.50. The van der Waals surface area contributed by atoms with Gasteiger partial charge in [-0.3, -0.25) is 10.1 Å². The quantitative estimate of drug-likeness (QED) is 0.614. The van der Waals surface area contributed by atoms with E-state index in [1.54, 1.807) is 0 Å². The van der Waals surface area contributed by atoms with E-state index >= 15 is 0 Å². The number of hydrogen-bond acceptors (Lipinski definition) is 6. The predicted molar refractivity (Wildman–Crippen MR) is 82.9 cm³/mol. The Labute approximate surface area is 134 Å². The number of methoxy groups -OCH3 is 1. The highest BCUT2D eigenvalue weighted by molar-refractivity contribution is 7.89. The number of rotatable bonds is 5. The lowest BCUT2D eigenvalue weighted by atomic mass is 10.0. The Kier molecular flexibility index (Phi) is 4.26. The van der Waals surface area contributed by atoms with Gasteiger partial charge in [0.15, 0.2) is 5.75 Å². The summed E-state index contributed by atoms with van der Waals surface area (Å²) >= 11 is 0. The molecule has 0 radical (unpaired) electrons. The molecule has 23 heavy (non-hydrogen) atoms. The molecule has 2 heterocycles. The van der Waals surface area contributed by atoms with Crippen LogP contribution in [0.5, 0.6) is 5.75 Å². The fourth-order valence-electron chi connectivity index (χ4n) is 3.42. The molecule has 2 aliphatic rings. The summed E-state index contributed by atoms with van der Waals surface area (Å²) in [5.41, 5.74) is -0.360. The van der Waals surface area contributed by atoms with E-state index in [2.05, 4.69) is 10.0 Å². The minimum atomic E-state index is -3.80. The molecule has 0 amide bonds. The second kappa shape index (κ2) is 6.06. The van der Waals surface area contributed by atoms with E-state index in [-0.39, 0.29) is 22.4 Å². The van der Waals surface area contributed by atoms with Crippen LogP contribution in [0.4, 0.5) is 5.69 Å². The molecule has 0 aliphatic carbocycles. The van der Waals surface area contributed by atoms with E-state index in [0.29, 0.717) is 12.1 Å². The summed E-state index contributed by atoms with van der Waals surface area (Å²) in [6.45, 7) is 0. The number of fused-ring (bicyclic) bond motifs is 2. The lowest BCUT2D eigenvalue weighted by Crippen LogP contribution is -2.47. The fourth-order valence-corrected chi connectivity index (χ4v) is 4.70. The smallest absolute Gasteiger partial charge is 0.312 e. The molecule has 2 saturated heterocycles. The first-order chi connectivity index (χ1) is 10.9. The van der Waals surface area contributed by atoms with Gasteiger partial charge < -0.3 is 10.1 Å². The normalized spacial score (nSPS) is 26.9. The van der Waals surface area contributed by atoms with Gasteiger partial charge in [-0.25, -0.2) is 13.1 Å². The van der Waals surface area contributed by atoms with Gasteiger partial charge in [0.1, 0.15) is 0 Å². The molecule has 2 unspecified atom stereocenters. The maximum absolute atomic E-state index is 12.5. The van der Waals surface area contributed by atoms with Crippen LogP contribution in [0.2, 0.25) is 0 Å². The largest absolute Gasteiger partial charge is 0.490 e. The summed E-state index contributed by atoms with van der Waals surface area (Å²) in [6.07, 6.45) is 3.62. The van der Waals surface area contributed by atoms with Crippen molar-refractivity contribution in [3.05, 3.63) is 28.3 Å². The Bertz CT molecular complexity index is 709. The average molecular weight is 341 g/mol. The summed E-state index contributed by atoms with van der Waals surface area (Å²) in [4.78, 5) is 10.3. The second-order valence-electron chi connectivity index (χ2n) is 6.02. The van der Waals surface area contributed by atoms with Crippen molar-refractivity contribution in [2.75, 3.05) is 7.11 Å². The molecule has 2 bridgehead atoms. The zero-order chi connectivity index (χ0) is 16.6. The topological polar surface area (TPSA) is 111 Å². The molecule has 1 aromatic carbocycles. The van der Waals surface area contributed by atoms with Gasteiger partial charge in [-0.1, -0.05) is 0 Å². The van der Waals surface area contributed by atoms with Crippen molar-refractivity contribution >= 4 is 15.7 Å². The molecule has 3 rings (SSSR count). The molecular formula is C14H19N3O5S. The number of nitrogens with one attached hydrogen (secondary N) is 2. The van der Waals surface area contributed by atoms with Crippen LogP contribution < -0.4 is 14.8 Å². The molecule has 2 fully saturated rings. The van der Waals surface area contributed by atoms with Crippen LogP contribution in [0, 0.1) is 10.1 Å². The fraction of sp³-hybridized carbons (Fsp3) is 0.571. The zero-order valence-corrected chi connectivity index (χ0v) is 13.5. The van der Waals surface area contributed by atoms with Crippen molar-refractivity contribution < 1.29 is 18.1 Å². The number of nitro groups is 1. The average Bonchev–Trinajstić information content (AvgIpc) is 2.85. The lowest BCUT2D eigenvalue weighted by Gasteiger charge is -2.29. The number of ether oxygens (including phenoxy) is 1. The van der Waals surface area contributed by atoms with Gasteiger partial charge in [0, 0.05) is 24.2 Å². The van der Waals surface area contributed by atoms with Gasteiger partial charge >= 0.3 is 5.69 Å². The van der Waals surface area contributed by atoms with E-state index in [4.69, 9.17) is 4.74 Å². The third kappa shape index (κ3) is 3.31. The first-order valence-corrected chi connectivity index (χ1v) is 8.98. The zero-order valence-electron chi connectivity index (χ0n) is 12.7. The van der Waals surface area contributed by atoms with Crippen LogP contribution >= 0.6 is 0 Å². The molecule has 0 spiro atoms.